The van der Waals surface area contributed by atoms with Gasteiger partial charge in [-0.3, -0.25) is 4.79 Å². The average Bonchev–Trinajstić information content (AvgIpc) is 2.46. The molecular formula is C19H30N2O2. The van der Waals surface area contributed by atoms with Gasteiger partial charge in [-0.1, -0.05) is 26.0 Å². The van der Waals surface area contributed by atoms with Crippen LogP contribution in [-0.4, -0.2) is 24.6 Å². The van der Waals surface area contributed by atoms with Crippen LogP contribution in [0.3, 0.4) is 0 Å². The van der Waals surface area contributed by atoms with E-state index in [1.807, 2.05) is 45.0 Å². The smallest absolute Gasteiger partial charge is 0.238 e. The number of ether oxygens (including phenoxy) is 1. The summed E-state index contributed by atoms with van der Waals surface area (Å²) in [4.78, 5) is 12.7. The summed E-state index contributed by atoms with van der Waals surface area (Å²) in [5, 5.41) is 6.51. The maximum absolute atomic E-state index is 12.7. The number of rotatable bonds is 5. The molecule has 1 aliphatic heterocycles. The van der Waals surface area contributed by atoms with E-state index in [2.05, 4.69) is 24.5 Å². The van der Waals surface area contributed by atoms with E-state index >= 15 is 0 Å². The lowest BCUT2D eigenvalue weighted by atomic mass is 9.77. The lowest BCUT2D eigenvalue weighted by Crippen LogP contribution is -2.55. The first-order valence-electron chi connectivity index (χ1n) is 8.60. The highest BCUT2D eigenvalue weighted by molar-refractivity contribution is 5.83. The summed E-state index contributed by atoms with van der Waals surface area (Å²) in [7, 11) is 0. The predicted octanol–water partition coefficient (Wildman–Crippen LogP) is 3.43. The first-order valence-corrected chi connectivity index (χ1v) is 8.60. The number of hydrogen-bond acceptors (Lipinski definition) is 3. The van der Waals surface area contributed by atoms with Crippen LogP contribution in [0, 0.1) is 5.41 Å². The van der Waals surface area contributed by atoms with Crippen molar-refractivity contribution in [2.75, 3.05) is 6.54 Å². The third-order valence-corrected chi connectivity index (χ3v) is 4.48. The van der Waals surface area contributed by atoms with Crippen LogP contribution in [0.4, 0.5) is 0 Å². The van der Waals surface area contributed by atoms with Crippen molar-refractivity contribution in [3.63, 3.8) is 0 Å². The van der Waals surface area contributed by atoms with Crippen LogP contribution in [0.1, 0.15) is 59.1 Å². The standard InChI is InChI=1S/C19H30N2O2/c1-13(2)23-16-9-6-8-15(12-16)14(3)21-18(22)17-19(4,5)10-7-11-20-17/h6,8-9,12-14,17,20H,7,10-11H2,1-5H3,(H,21,22). The molecule has 1 aliphatic rings. The molecule has 2 unspecified atom stereocenters. The molecule has 1 amide bonds. The van der Waals surface area contributed by atoms with Crippen molar-refractivity contribution in [1.29, 1.82) is 0 Å². The van der Waals surface area contributed by atoms with E-state index in [1.165, 1.54) is 0 Å². The van der Waals surface area contributed by atoms with Crippen LogP contribution in [0.2, 0.25) is 0 Å². The second-order valence-electron chi connectivity index (χ2n) is 7.45. The van der Waals surface area contributed by atoms with Crippen molar-refractivity contribution in [1.82, 2.24) is 10.6 Å². The number of hydrogen-bond donors (Lipinski definition) is 2. The van der Waals surface area contributed by atoms with Crippen molar-refractivity contribution >= 4 is 5.91 Å². The van der Waals surface area contributed by atoms with Gasteiger partial charge in [0.15, 0.2) is 0 Å². The van der Waals surface area contributed by atoms with E-state index in [0.717, 1.165) is 30.7 Å². The number of nitrogens with one attached hydrogen (secondary N) is 2. The molecule has 0 bridgehead atoms. The molecule has 0 saturated carbocycles. The number of carbonyl (C=O) groups excluding carboxylic acids is 1. The molecule has 1 fully saturated rings. The first kappa shape index (κ1) is 17.8. The van der Waals surface area contributed by atoms with Crippen LogP contribution in [-0.2, 0) is 4.79 Å². The fourth-order valence-corrected chi connectivity index (χ4v) is 3.17. The van der Waals surface area contributed by atoms with Crippen molar-refractivity contribution in [2.24, 2.45) is 5.41 Å². The van der Waals surface area contributed by atoms with Crippen LogP contribution >= 0.6 is 0 Å². The van der Waals surface area contributed by atoms with Crippen molar-refractivity contribution in [3.8, 4) is 5.75 Å². The quantitative estimate of drug-likeness (QED) is 0.874. The minimum absolute atomic E-state index is 0.00927. The van der Waals surface area contributed by atoms with Crippen LogP contribution in [0.5, 0.6) is 5.75 Å². The third kappa shape index (κ3) is 4.71. The lowest BCUT2D eigenvalue weighted by molar-refractivity contribution is -0.127. The number of piperidine rings is 1. The van der Waals surface area contributed by atoms with E-state index in [1.54, 1.807) is 0 Å². The van der Waals surface area contributed by atoms with E-state index in [9.17, 15) is 4.79 Å². The maximum atomic E-state index is 12.7. The first-order chi connectivity index (χ1) is 10.8. The Morgan fingerprint density at radius 2 is 2.09 bits per heavy atom. The summed E-state index contributed by atoms with van der Waals surface area (Å²) in [6.45, 7) is 11.3. The monoisotopic (exact) mass is 318 g/mol. The number of benzene rings is 1. The molecule has 4 nitrogen and oxygen atoms in total. The Morgan fingerprint density at radius 1 is 1.35 bits per heavy atom. The molecule has 1 saturated heterocycles. The molecule has 0 spiro atoms. The zero-order valence-electron chi connectivity index (χ0n) is 15.0. The summed E-state index contributed by atoms with van der Waals surface area (Å²) in [5.74, 6) is 0.923. The van der Waals surface area contributed by atoms with Gasteiger partial charge < -0.3 is 15.4 Å². The largest absolute Gasteiger partial charge is 0.491 e. The Morgan fingerprint density at radius 3 is 2.74 bits per heavy atom. The molecule has 128 valence electrons. The van der Waals surface area contributed by atoms with E-state index < -0.39 is 0 Å². The fraction of sp³-hybridized carbons (Fsp3) is 0.632. The minimum atomic E-state index is -0.131. The Kier molecular flexibility index (Phi) is 5.69. The molecule has 2 atom stereocenters. The summed E-state index contributed by atoms with van der Waals surface area (Å²) < 4.78 is 5.73. The summed E-state index contributed by atoms with van der Waals surface area (Å²) in [6.07, 6.45) is 2.34. The van der Waals surface area contributed by atoms with E-state index in [0.29, 0.717) is 0 Å². The van der Waals surface area contributed by atoms with Gasteiger partial charge in [-0.05, 0) is 63.3 Å². The van der Waals surface area contributed by atoms with Crippen LogP contribution in [0.25, 0.3) is 0 Å². The molecule has 2 rings (SSSR count). The second-order valence-corrected chi connectivity index (χ2v) is 7.45. The maximum Gasteiger partial charge on any atom is 0.238 e. The van der Waals surface area contributed by atoms with Gasteiger partial charge in [0, 0.05) is 0 Å². The number of amides is 1. The second kappa shape index (κ2) is 7.35. The Hall–Kier alpha value is -1.55. The van der Waals surface area contributed by atoms with Gasteiger partial charge in [0.2, 0.25) is 5.91 Å². The topological polar surface area (TPSA) is 50.4 Å². The SMILES string of the molecule is CC(C)Oc1cccc(C(C)NC(=O)C2NCCCC2(C)C)c1. The third-order valence-electron chi connectivity index (χ3n) is 4.48. The zero-order valence-corrected chi connectivity index (χ0v) is 15.0. The molecule has 23 heavy (non-hydrogen) atoms. The summed E-state index contributed by atoms with van der Waals surface area (Å²) in [6, 6.07) is 7.77. The van der Waals surface area contributed by atoms with Gasteiger partial charge in [-0.25, -0.2) is 0 Å². The Balaban J connectivity index is 2.03. The van der Waals surface area contributed by atoms with Crippen molar-refractivity contribution in [3.05, 3.63) is 29.8 Å². The number of carbonyl (C=O) groups is 1. The van der Waals surface area contributed by atoms with Crippen molar-refractivity contribution < 1.29 is 9.53 Å². The molecule has 0 aliphatic carbocycles. The van der Waals surface area contributed by atoms with Gasteiger partial charge in [0.1, 0.15) is 5.75 Å². The molecule has 2 N–H and O–H groups in total. The average molecular weight is 318 g/mol. The van der Waals surface area contributed by atoms with E-state index in [-0.39, 0.29) is 29.5 Å². The lowest BCUT2D eigenvalue weighted by Gasteiger charge is -2.38. The van der Waals surface area contributed by atoms with Crippen molar-refractivity contribution in [2.45, 2.75) is 65.6 Å². The molecule has 1 heterocycles. The summed E-state index contributed by atoms with van der Waals surface area (Å²) >= 11 is 0. The fourth-order valence-electron chi connectivity index (χ4n) is 3.17. The molecule has 4 heteroatoms. The zero-order chi connectivity index (χ0) is 17.0. The normalized spacial score (nSPS) is 21.7. The minimum Gasteiger partial charge on any atom is -0.491 e. The highest BCUT2D eigenvalue weighted by atomic mass is 16.5. The molecule has 0 aromatic heterocycles. The van der Waals surface area contributed by atoms with Gasteiger partial charge in [0.05, 0.1) is 18.2 Å². The highest BCUT2D eigenvalue weighted by Gasteiger charge is 2.37. The van der Waals surface area contributed by atoms with Crippen LogP contribution in [0.15, 0.2) is 24.3 Å². The predicted molar refractivity (Wildman–Crippen MR) is 93.6 cm³/mol. The van der Waals surface area contributed by atoms with Gasteiger partial charge >= 0.3 is 0 Å². The van der Waals surface area contributed by atoms with E-state index in [4.69, 9.17) is 4.74 Å². The Bertz CT molecular complexity index is 540. The summed E-state index contributed by atoms with van der Waals surface area (Å²) in [5.41, 5.74) is 1.05. The van der Waals surface area contributed by atoms with Gasteiger partial charge in [0.25, 0.3) is 0 Å². The highest BCUT2D eigenvalue weighted by Crippen LogP contribution is 2.30. The molecular weight excluding hydrogens is 288 g/mol. The van der Waals surface area contributed by atoms with Gasteiger partial charge in [-0.2, -0.15) is 0 Å². The molecule has 0 radical (unpaired) electrons. The molecule has 1 aromatic rings. The Labute approximate surface area is 140 Å². The van der Waals surface area contributed by atoms with Crippen LogP contribution < -0.4 is 15.4 Å². The van der Waals surface area contributed by atoms with Gasteiger partial charge in [-0.15, -0.1) is 0 Å². The molecule has 1 aromatic carbocycles.